The Labute approximate surface area is 159 Å². The van der Waals surface area contributed by atoms with E-state index in [9.17, 15) is 0 Å². The summed E-state index contributed by atoms with van der Waals surface area (Å²) in [7, 11) is 0. The van der Waals surface area contributed by atoms with Gasteiger partial charge in [-0.2, -0.15) is 0 Å². The molecule has 140 valence electrons. The zero-order valence-electron chi connectivity index (χ0n) is 16.4. The molecule has 0 bridgehead atoms. The maximum atomic E-state index is 5.84. The average Bonchev–Trinajstić information content (AvgIpc) is 2.67. The van der Waals surface area contributed by atoms with Crippen molar-refractivity contribution in [3.63, 3.8) is 0 Å². The molecule has 0 amide bonds. The number of aryl methyl sites for hydroxylation is 1. The largest absolute Gasteiger partial charge is 0.494 e. The molecule has 26 heavy (non-hydrogen) atoms. The topological polar surface area (TPSA) is 21.6 Å². The van der Waals surface area contributed by atoms with Crippen LogP contribution in [0.4, 0.5) is 5.69 Å². The van der Waals surface area contributed by atoms with Crippen molar-refractivity contribution in [1.82, 2.24) is 0 Å². The van der Waals surface area contributed by atoms with Crippen LogP contribution in [0.1, 0.15) is 69.4 Å². The molecule has 0 saturated carbocycles. The summed E-state index contributed by atoms with van der Waals surface area (Å²) in [6.07, 6.45) is 12.5. The highest BCUT2D eigenvalue weighted by atomic mass is 16.5. The second-order valence-electron chi connectivity index (χ2n) is 6.99. The molecule has 0 aliphatic rings. The van der Waals surface area contributed by atoms with Crippen molar-refractivity contribution in [1.29, 1.82) is 0 Å². The third kappa shape index (κ3) is 8.33. The van der Waals surface area contributed by atoms with E-state index in [2.05, 4.69) is 43.1 Å². The molecule has 0 unspecified atom stereocenters. The van der Waals surface area contributed by atoms with Gasteiger partial charge in [0.05, 0.1) is 12.3 Å². The minimum absolute atomic E-state index is 0.811. The minimum atomic E-state index is 0.811. The van der Waals surface area contributed by atoms with Gasteiger partial charge in [0, 0.05) is 6.21 Å². The van der Waals surface area contributed by atoms with Gasteiger partial charge >= 0.3 is 0 Å². The quantitative estimate of drug-likeness (QED) is 0.291. The number of hydrogen-bond donors (Lipinski definition) is 0. The number of aliphatic imine (C=N–C) groups is 1. The molecule has 2 nitrogen and oxygen atoms in total. The highest BCUT2D eigenvalue weighted by Crippen LogP contribution is 2.15. The summed E-state index contributed by atoms with van der Waals surface area (Å²) in [4.78, 5) is 4.50. The molecule has 0 atom stereocenters. The fraction of sp³-hybridized carbons (Fsp3) is 0.458. The first kappa shape index (κ1) is 20.2. The Morgan fingerprint density at radius 1 is 0.769 bits per heavy atom. The molecule has 2 rings (SSSR count). The van der Waals surface area contributed by atoms with E-state index < -0.39 is 0 Å². The number of rotatable bonds is 12. The van der Waals surface area contributed by atoms with Gasteiger partial charge in [-0.25, -0.2) is 0 Å². The Balaban J connectivity index is 1.62. The summed E-state index contributed by atoms with van der Waals surface area (Å²) >= 11 is 0. The molecule has 0 saturated heterocycles. The van der Waals surface area contributed by atoms with Crippen molar-refractivity contribution in [2.75, 3.05) is 6.61 Å². The molecule has 0 aliphatic heterocycles. The molecule has 2 aromatic carbocycles. The second-order valence-corrected chi connectivity index (χ2v) is 6.99. The lowest BCUT2D eigenvalue weighted by Gasteiger charge is -2.06. The first-order chi connectivity index (χ1) is 12.8. The van der Waals surface area contributed by atoms with Gasteiger partial charge in [-0.1, -0.05) is 69.6 Å². The summed E-state index contributed by atoms with van der Waals surface area (Å²) in [5.41, 5.74) is 3.32. The van der Waals surface area contributed by atoms with E-state index in [-0.39, 0.29) is 0 Å². The molecule has 0 spiro atoms. The second kappa shape index (κ2) is 12.3. The molecular weight excluding hydrogens is 318 g/mol. The maximum Gasteiger partial charge on any atom is 0.119 e. The van der Waals surface area contributed by atoms with Crippen LogP contribution in [0.25, 0.3) is 0 Å². The molecule has 0 aromatic heterocycles. The summed E-state index contributed by atoms with van der Waals surface area (Å²) in [5, 5.41) is 0. The standard InChI is InChI=1S/C24H33NO/c1-3-4-5-6-7-8-9-10-19-26-24-17-13-22(14-18-24)20-25-23-15-11-21(2)12-16-23/h11-18,20H,3-10,19H2,1-2H3/b25-20+. The van der Waals surface area contributed by atoms with Crippen LogP contribution >= 0.6 is 0 Å². The van der Waals surface area contributed by atoms with Crippen molar-refractivity contribution >= 4 is 11.9 Å². The molecule has 2 heteroatoms. The molecule has 2 aromatic rings. The zero-order chi connectivity index (χ0) is 18.5. The van der Waals surface area contributed by atoms with E-state index in [0.717, 1.165) is 30.0 Å². The van der Waals surface area contributed by atoms with Crippen LogP contribution in [0.5, 0.6) is 5.75 Å². The van der Waals surface area contributed by atoms with E-state index in [0.29, 0.717) is 0 Å². The molecule has 0 N–H and O–H groups in total. The van der Waals surface area contributed by atoms with Crippen LogP contribution in [0, 0.1) is 6.92 Å². The van der Waals surface area contributed by atoms with Gasteiger partial charge in [-0.15, -0.1) is 0 Å². The van der Waals surface area contributed by atoms with Gasteiger partial charge in [-0.05, 0) is 55.3 Å². The maximum absolute atomic E-state index is 5.84. The van der Waals surface area contributed by atoms with Gasteiger partial charge < -0.3 is 4.74 Å². The van der Waals surface area contributed by atoms with Crippen molar-refractivity contribution in [2.45, 2.75) is 65.2 Å². The number of hydrogen-bond acceptors (Lipinski definition) is 2. The normalized spacial score (nSPS) is 11.2. The molecular formula is C24H33NO. The van der Waals surface area contributed by atoms with Crippen molar-refractivity contribution < 1.29 is 4.74 Å². The van der Waals surface area contributed by atoms with Crippen LogP contribution in [0.2, 0.25) is 0 Å². The zero-order valence-corrected chi connectivity index (χ0v) is 16.4. The third-order valence-electron chi connectivity index (χ3n) is 4.54. The van der Waals surface area contributed by atoms with Crippen LogP contribution in [-0.4, -0.2) is 12.8 Å². The van der Waals surface area contributed by atoms with Crippen molar-refractivity contribution in [2.24, 2.45) is 4.99 Å². The SMILES string of the molecule is CCCCCCCCCCOc1ccc(/C=N/c2ccc(C)cc2)cc1. The van der Waals surface area contributed by atoms with Gasteiger partial charge in [0.1, 0.15) is 5.75 Å². The first-order valence-electron chi connectivity index (χ1n) is 10.1. The Kier molecular flexibility index (Phi) is 9.56. The molecule has 0 fully saturated rings. The fourth-order valence-corrected chi connectivity index (χ4v) is 2.86. The van der Waals surface area contributed by atoms with E-state index in [1.54, 1.807) is 0 Å². The molecule has 0 radical (unpaired) electrons. The average molecular weight is 352 g/mol. The summed E-state index contributed by atoms with van der Waals surface area (Å²) in [5.74, 6) is 0.945. The van der Waals surface area contributed by atoms with Gasteiger partial charge in [-0.3, -0.25) is 4.99 Å². The lowest BCUT2D eigenvalue weighted by Crippen LogP contribution is -1.97. The Morgan fingerprint density at radius 3 is 2.04 bits per heavy atom. The lowest BCUT2D eigenvalue weighted by atomic mass is 10.1. The smallest absolute Gasteiger partial charge is 0.119 e. The van der Waals surface area contributed by atoms with E-state index in [1.807, 2.05) is 30.5 Å². The lowest BCUT2D eigenvalue weighted by molar-refractivity contribution is 0.304. The van der Waals surface area contributed by atoms with Crippen LogP contribution in [-0.2, 0) is 0 Å². The highest BCUT2D eigenvalue weighted by Gasteiger charge is 1.96. The number of ether oxygens (including phenoxy) is 1. The van der Waals surface area contributed by atoms with Crippen LogP contribution in [0.15, 0.2) is 53.5 Å². The van der Waals surface area contributed by atoms with E-state index in [4.69, 9.17) is 4.74 Å². The van der Waals surface area contributed by atoms with Crippen molar-refractivity contribution in [3.8, 4) is 5.75 Å². The summed E-state index contributed by atoms with van der Waals surface area (Å²) < 4.78 is 5.84. The Hall–Kier alpha value is -2.09. The Bertz CT molecular complexity index is 628. The van der Waals surface area contributed by atoms with E-state index >= 15 is 0 Å². The van der Waals surface area contributed by atoms with Crippen molar-refractivity contribution in [3.05, 3.63) is 59.7 Å². The van der Waals surface area contributed by atoms with E-state index in [1.165, 1.54) is 50.5 Å². The number of benzene rings is 2. The molecule has 0 aliphatic carbocycles. The van der Waals surface area contributed by atoms with Gasteiger partial charge in [0.15, 0.2) is 0 Å². The summed E-state index contributed by atoms with van der Waals surface area (Å²) in [6.45, 7) is 5.16. The summed E-state index contributed by atoms with van der Waals surface area (Å²) in [6, 6.07) is 16.4. The number of nitrogens with zero attached hydrogens (tertiary/aromatic N) is 1. The fourth-order valence-electron chi connectivity index (χ4n) is 2.86. The van der Waals surface area contributed by atoms with Crippen LogP contribution in [0.3, 0.4) is 0 Å². The highest BCUT2D eigenvalue weighted by molar-refractivity contribution is 5.82. The first-order valence-corrected chi connectivity index (χ1v) is 10.1. The predicted octanol–water partition coefficient (Wildman–Crippen LogP) is 7.27. The van der Waals surface area contributed by atoms with Gasteiger partial charge in [0.2, 0.25) is 0 Å². The Morgan fingerprint density at radius 2 is 1.38 bits per heavy atom. The molecule has 0 heterocycles. The third-order valence-corrected chi connectivity index (χ3v) is 4.54. The van der Waals surface area contributed by atoms with Crippen LogP contribution < -0.4 is 4.74 Å². The predicted molar refractivity (Wildman–Crippen MR) is 113 cm³/mol. The number of unbranched alkanes of at least 4 members (excludes halogenated alkanes) is 7. The minimum Gasteiger partial charge on any atom is -0.494 e. The monoisotopic (exact) mass is 351 g/mol. The van der Waals surface area contributed by atoms with Gasteiger partial charge in [0.25, 0.3) is 0 Å².